The highest BCUT2D eigenvalue weighted by Gasteiger charge is 2.43. The van der Waals surface area contributed by atoms with Crippen molar-refractivity contribution < 1.29 is 17.9 Å². The van der Waals surface area contributed by atoms with E-state index in [1.54, 1.807) is 4.90 Å². The fourth-order valence-electron chi connectivity index (χ4n) is 3.67. The van der Waals surface area contributed by atoms with Crippen LogP contribution in [0.2, 0.25) is 0 Å². The Morgan fingerprint density at radius 1 is 1.29 bits per heavy atom. The molecule has 3 rings (SSSR count). The van der Waals surface area contributed by atoms with Crippen LogP contribution in [0.3, 0.4) is 0 Å². The molecule has 24 heavy (non-hydrogen) atoms. The number of likely N-dealkylation sites (tertiary alicyclic amines) is 1. The minimum atomic E-state index is -3.88. The van der Waals surface area contributed by atoms with E-state index in [0.29, 0.717) is 30.7 Å². The molecule has 4 N–H and O–H groups in total. The number of carbonyl (C=O) groups excluding carboxylic acids is 1. The zero-order valence-electron chi connectivity index (χ0n) is 13.3. The van der Waals surface area contributed by atoms with Gasteiger partial charge in [-0.3, -0.25) is 4.79 Å². The second-order valence-electron chi connectivity index (χ2n) is 6.28. The van der Waals surface area contributed by atoms with Crippen molar-refractivity contribution in [3.05, 3.63) is 23.8 Å². The Morgan fingerprint density at radius 2 is 2.00 bits per heavy atom. The zero-order valence-corrected chi connectivity index (χ0v) is 15.0. The SMILES string of the molecule is COc1ccc(S(N)(=O)=O)cc1C(=O)N1CC2CCC(N)C2C1.Cl. The molecular weight excluding hydrogens is 354 g/mol. The monoisotopic (exact) mass is 375 g/mol. The van der Waals surface area contributed by atoms with Gasteiger partial charge >= 0.3 is 0 Å². The molecule has 3 unspecified atom stereocenters. The first-order valence-electron chi connectivity index (χ1n) is 7.57. The first kappa shape index (κ1) is 19.0. The van der Waals surface area contributed by atoms with Crippen molar-refractivity contribution in [2.45, 2.75) is 23.8 Å². The fraction of sp³-hybridized carbons (Fsp3) is 0.533. The smallest absolute Gasteiger partial charge is 0.257 e. The zero-order chi connectivity index (χ0) is 16.8. The highest BCUT2D eigenvalue weighted by molar-refractivity contribution is 7.89. The van der Waals surface area contributed by atoms with Gasteiger partial charge in [-0.15, -0.1) is 12.4 Å². The number of nitrogens with zero attached hydrogens (tertiary/aromatic N) is 1. The lowest BCUT2D eigenvalue weighted by Crippen LogP contribution is -2.33. The van der Waals surface area contributed by atoms with Crippen molar-refractivity contribution in [1.82, 2.24) is 4.90 Å². The van der Waals surface area contributed by atoms with Gasteiger partial charge in [0.15, 0.2) is 0 Å². The van der Waals surface area contributed by atoms with E-state index < -0.39 is 10.0 Å². The van der Waals surface area contributed by atoms with Crippen LogP contribution in [-0.2, 0) is 10.0 Å². The van der Waals surface area contributed by atoms with Gasteiger partial charge in [-0.05, 0) is 42.9 Å². The second-order valence-corrected chi connectivity index (χ2v) is 7.84. The van der Waals surface area contributed by atoms with Gasteiger partial charge in [0.2, 0.25) is 10.0 Å². The Labute approximate surface area is 147 Å². The molecule has 1 saturated heterocycles. The molecule has 0 radical (unpaired) electrons. The van der Waals surface area contributed by atoms with Crippen molar-refractivity contribution in [2.75, 3.05) is 20.2 Å². The summed E-state index contributed by atoms with van der Waals surface area (Å²) in [5.41, 5.74) is 6.32. The highest BCUT2D eigenvalue weighted by Crippen LogP contribution is 2.38. The number of halogens is 1. The molecule has 1 saturated carbocycles. The third kappa shape index (κ3) is 3.37. The van der Waals surface area contributed by atoms with Crippen molar-refractivity contribution in [3.8, 4) is 5.75 Å². The number of sulfonamides is 1. The van der Waals surface area contributed by atoms with Gasteiger partial charge in [0.05, 0.1) is 17.6 Å². The van der Waals surface area contributed by atoms with Gasteiger partial charge in [0.1, 0.15) is 5.75 Å². The summed E-state index contributed by atoms with van der Waals surface area (Å²) in [7, 11) is -2.44. The maximum absolute atomic E-state index is 12.8. The van der Waals surface area contributed by atoms with Gasteiger partial charge in [0, 0.05) is 19.1 Å². The third-order valence-corrected chi connectivity index (χ3v) is 5.84. The predicted molar refractivity (Wildman–Crippen MR) is 91.7 cm³/mol. The summed E-state index contributed by atoms with van der Waals surface area (Å²) >= 11 is 0. The van der Waals surface area contributed by atoms with Gasteiger partial charge in [-0.1, -0.05) is 0 Å². The Bertz CT molecular complexity index is 740. The molecule has 2 fully saturated rings. The first-order valence-corrected chi connectivity index (χ1v) is 9.11. The maximum atomic E-state index is 12.8. The van der Waals surface area contributed by atoms with E-state index in [-0.39, 0.29) is 34.8 Å². The fourth-order valence-corrected chi connectivity index (χ4v) is 4.21. The molecule has 1 aliphatic heterocycles. The average molecular weight is 376 g/mol. The summed E-state index contributed by atoms with van der Waals surface area (Å²) in [5, 5.41) is 5.15. The van der Waals surface area contributed by atoms with Crippen LogP contribution in [0, 0.1) is 11.8 Å². The Hall–Kier alpha value is -1.35. The van der Waals surface area contributed by atoms with E-state index in [0.717, 1.165) is 12.8 Å². The lowest BCUT2D eigenvalue weighted by atomic mass is 9.98. The minimum Gasteiger partial charge on any atom is -0.496 e. The van der Waals surface area contributed by atoms with Crippen molar-refractivity contribution in [3.63, 3.8) is 0 Å². The Kier molecular flexibility index (Phi) is 5.44. The molecule has 3 atom stereocenters. The highest BCUT2D eigenvalue weighted by atomic mass is 35.5. The quantitative estimate of drug-likeness (QED) is 0.801. The first-order chi connectivity index (χ1) is 10.8. The van der Waals surface area contributed by atoms with Crippen LogP contribution in [0.15, 0.2) is 23.1 Å². The van der Waals surface area contributed by atoms with Crippen LogP contribution in [0.5, 0.6) is 5.75 Å². The summed E-state index contributed by atoms with van der Waals surface area (Å²) in [6.45, 7) is 1.26. The van der Waals surface area contributed by atoms with Crippen LogP contribution in [0.4, 0.5) is 0 Å². The summed E-state index contributed by atoms with van der Waals surface area (Å²) in [6, 6.07) is 4.20. The molecule has 134 valence electrons. The number of carbonyl (C=O) groups is 1. The predicted octanol–water partition coefficient (Wildman–Crippen LogP) is 0.574. The lowest BCUT2D eigenvalue weighted by molar-refractivity contribution is 0.0776. The van der Waals surface area contributed by atoms with E-state index in [9.17, 15) is 13.2 Å². The number of hydrogen-bond donors (Lipinski definition) is 2. The number of fused-ring (bicyclic) bond motifs is 1. The molecule has 9 heteroatoms. The summed E-state index contributed by atoms with van der Waals surface area (Å²) < 4.78 is 28.3. The minimum absolute atomic E-state index is 0. The average Bonchev–Trinajstić information content (AvgIpc) is 3.07. The molecular formula is C15H22ClN3O4S. The normalized spacial score (nSPS) is 26.0. The summed E-state index contributed by atoms with van der Waals surface area (Å²) in [4.78, 5) is 14.4. The number of primary sulfonamides is 1. The van der Waals surface area contributed by atoms with Crippen LogP contribution in [-0.4, -0.2) is 45.5 Å². The van der Waals surface area contributed by atoms with Crippen LogP contribution < -0.4 is 15.6 Å². The van der Waals surface area contributed by atoms with Crippen molar-refractivity contribution >= 4 is 28.3 Å². The van der Waals surface area contributed by atoms with Gasteiger partial charge in [0.25, 0.3) is 5.91 Å². The van der Waals surface area contributed by atoms with Gasteiger partial charge in [-0.25, -0.2) is 13.6 Å². The molecule has 1 aromatic rings. The molecule has 7 nitrogen and oxygen atoms in total. The van der Waals surface area contributed by atoms with Gasteiger partial charge < -0.3 is 15.4 Å². The van der Waals surface area contributed by atoms with E-state index in [1.165, 1.54) is 25.3 Å². The third-order valence-electron chi connectivity index (χ3n) is 4.93. The molecule has 0 bridgehead atoms. The van der Waals surface area contributed by atoms with Gasteiger partial charge in [-0.2, -0.15) is 0 Å². The lowest BCUT2D eigenvalue weighted by Gasteiger charge is -2.20. The number of benzene rings is 1. The number of ether oxygens (including phenoxy) is 1. The van der Waals surface area contributed by atoms with Crippen molar-refractivity contribution in [2.24, 2.45) is 22.7 Å². The number of amides is 1. The number of rotatable bonds is 3. The standard InChI is InChI=1S/C15H21N3O4S.ClH/c1-22-14-5-3-10(23(17,20)21)6-11(14)15(19)18-7-9-2-4-13(16)12(9)8-18;/h3,5-6,9,12-13H,2,4,7-8,16H2,1H3,(H2,17,20,21);1H. The van der Waals surface area contributed by atoms with Crippen LogP contribution in [0.1, 0.15) is 23.2 Å². The molecule has 0 spiro atoms. The van der Waals surface area contributed by atoms with Crippen molar-refractivity contribution in [1.29, 1.82) is 0 Å². The second kappa shape index (κ2) is 6.87. The number of methoxy groups -OCH3 is 1. The van der Waals surface area contributed by atoms with E-state index in [1.807, 2.05) is 0 Å². The molecule has 2 aliphatic rings. The molecule has 1 amide bonds. The number of nitrogens with two attached hydrogens (primary N) is 2. The topological polar surface area (TPSA) is 116 Å². The summed E-state index contributed by atoms with van der Waals surface area (Å²) in [6.07, 6.45) is 2.03. The van der Waals surface area contributed by atoms with Crippen LogP contribution in [0.25, 0.3) is 0 Å². The molecule has 0 aromatic heterocycles. The van der Waals surface area contributed by atoms with E-state index >= 15 is 0 Å². The maximum Gasteiger partial charge on any atom is 0.257 e. The Balaban J connectivity index is 0.00000208. The van der Waals surface area contributed by atoms with Crippen LogP contribution >= 0.6 is 12.4 Å². The Morgan fingerprint density at radius 3 is 2.58 bits per heavy atom. The molecule has 1 aromatic carbocycles. The number of hydrogen-bond acceptors (Lipinski definition) is 5. The van der Waals surface area contributed by atoms with E-state index in [2.05, 4.69) is 0 Å². The molecule has 1 aliphatic carbocycles. The molecule has 1 heterocycles. The largest absolute Gasteiger partial charge is 0.496 e. The summed E-state index contributed by atoms with van der Waals surface area (Å²) in [5.74, 6) is 0.852. The van der Waals surface area contributed by atoms with E-state index in [4.69, 9.17) is 15.6 Å².